The van der Waals surface area contributed by atoms with Gasteiger partial charge in [-0.2, -0.15) is 0 Å². The summed E-state index contributed by atoms with van der Waals surface area (Å²) in [6, 6.07) is 26.0. The molecule has 4 nitrogen and oxygen atoms in total. The summed E-state index contributed by atoms with van der Waals surface area (Å²) in [7, 11) is 0. The summed E-state index contributed by atoms with van der Waals surface area (Å²) in [5.41, 5.74) is 2.72. The third kappa shape index (κ3) is 4.22. The lowest BCUT2D eigenvalue weighted by molar-refractivity contribution is -0.118. The molecule has 0 fully saturated rings. The zero-order valence-electron chi connectivity index (χ0n) is 16.5. The largest absolute Gasteiger partial charge is 0.282 e. The number of aromatic nitrogens is 2. The normalized spacial score (nSPS) is 11.1. The number of amides is 1. The number of pyridine rings is 1. The minimum atomic E-state index is 0.000118. The highest BCUT2D eigenvalue weighted by atomic mass is 79.9. The van der Waals surface area contributed by atoms with Crippen molar-refractivity contribution in [1.29, 1.82) is 0 Å². The first kappa shape index (κ1) is 19.8. The predicted octanol–water partition coefficient (Wildman–Crippen LogP) is 6.38. The fraction of sp³-hybridized carbons (Fsp3) is 0.0800. The van der Waals surface area contributed by atoms with Crippen molar-refractivity contribution in [1.82, 2.24) is 9.97 Å². The second kappa shape index (κ2) is 8.57. The van der Waals surface area contributed by atoms with E-state index in [4.69, 9.17) is 4.98 Å². The maximum absolute atomic E-state index is 13.6. The molecule has 2 heterocycles. The molecule has 5 rings (SSSR count). The number of benzene rings is 3. The van der Waals surface area contributed by atoms with E-state index >= 15 is 0 Å². The molecule has 0 aliphatic heterocycles. The van der Waals surface area contributed by atoms with Crippen molar-refractivity contribution < 1.29 is 4.79 Å². The first-order chi connectivity index (χ1) is 15.2. The Bertz CT molecular complexity index is 1380. The van der Waals surface area contributed by atoms with E-state index in [1.54, 1.807) is 11.1 Å². The molecular formula is C25H18BrN3OS. The summed E-state index contributed by atoms with van der Waals surface area (Å²) in [6.45, 7) is 0.380. The summed E-state index contributed by atoms with van der Waals surface area (Å²) in [5.74, 6) is 0.000118. The Morgan fingerprint density at radius 3 is 2.68 bits per heavy atom. The SMILES string of the molecule is O=C(Cc1cccc2ccccc12)N(Cc1ccccn1)c1nc2ccc(Br)cc2s1. The van der Waals surface area contributed by atoms with Crippen LogP contribution in [-0.2, 0) is 17.8 Å². The molecule has 31 heavy (non-hydrogen) atoms. The van der Waals surface area contributed by atoms with Crippen molar-refractivity contribution >= 4 is 59.3 Å². The fourth-order valence-corrected chi connectivity index (χ4v) is 5.16. The molecule has 1 amide bonds. The van der Waals surface area contributed by atoms with Crippen molar-refractivity contribution in [3.8, 4) is 0 Å². The second-order valence-electron chi connectivity index (χ2n) is 7.22. The number of thiazole rings is 1. The molecule has 0 aliphatic carbocycles. The summed E-state index contributed by atoms with van der Waals surface area (Å²) in [6.07, 6.45) is 2.05. The van der Waals surface area contributed by atoms with Gasteiger partial charge in [0.05, 0.1) is 28.9 Å². The van der Waals surface area contributed by atoms with Gasteiger partial charge in [-0.1, -0.05) is 75.8 Å². The van der Waals surface area contributed by atoms with Crippen LogP contribution in [0.2, 0.25) is 0 Å². The molecule has 6 heteroatoms. The zero-order valence-corrected chi connectivity index (χ0v) is 18.9. The van der Waals surface area contributed by atoms with Gasteiger partial charge in [0, 0.05) is 10.7 Å². The van der Waals surface area contributed by atoms with Crippen LogP contribution in [0.15, 0.2) is 89.5 Å². The zero-order chi connectivity index (χ0) is 21.2. The van der Waals surface area contributed by atoms with Gasteiger partial charge >= 0.3 is 0 Å². The van der Waals surface area contributed by atoms with Crippen LogP contribution in [0, 0.1) is 0 Å². The Hall–Kier alpha value is -3.09. The molecule has 0 bridgehead atoms. The molecule has 3 aromatic carbocycles. The third-order valence-corrected chi connectivity index (χ3v) is 6.67. The summed E-state index contributed by atoms with van der Waals surface area (Å²) >= 11 is 5.03. The van der Waals surface area contributed by atoms with E-state index in [1.807, 2.05) is 60.7 Å². The molecule has 0 saturated carbocycles. The van der Waals surface area contributed by atoms with Gasteiger partial charge in [-0.25, -0.2) is 4.98 Å². The standard InChI is InChI=1S/C25H18BrN3OS/c26-19-11-12-22-23(15-19)31-25(28-22)29(16-20-9-3-4-13-27-20)24(30)14-18-8-5-7-17-6-1-2-10-21(17)18/h1-13,15H,14,16H2. The van der Waals surface area contributed by atoms with Crippen LogP contribution < -0.4 is 4.90 Å². The van der Waals surface area contributed by atoms with E-state index in [1.165, 1.54) is 11.3 Å². The van der Waals surface area contributed by atoms with Gasteiger partial charge in [0.25, 0.3) is 0 Å². The maximum atomic E-state index is 13.6. The Labute approximate surface area is 192 Å². The molecule has 2 aromatic heterocycles. The smallest absolute Gasteiger partial charge is 0.233 e. The molecule has 0 aliphatic rings. The van der Waals surface area contributed by atoms with Gasteiger partial charge < -0.3 is 0 Å². The molecule has 0 N–H and O–H groups in total. The molecule has 0 saturated heterocycles. The number of anilines is 1. The summed E-state index contributed by atoms with van der Waals surface area (Å²) in [4.78, 5) is 24.5. The first-order valence-corrected chi connectivity index (χ1v) is 11.5. The van der Waals surface area contributed by atoms with Crippen molar-refractivity contribution in [3.05, 3.63) is 101 Å². The fourth-order valence-electron chi connectivity index (χ4n) is 3.62. The summed E-state index contributed by atoms with van der Waals surface area (Å²) in [5, 5.41) is 2.92. The van der Waals surface area contributed by atoms with Crippen LogP contribution in [0.25, 0.3) is 21.0 Å². The average Bonchev–Trinajstić information content (AvgIpc) is 3.21. The lowest BCUT2D eigenvalue weighted by Crippen LogP contribution is -2.32. The minimum absolute atomic E-state index is 0.000118. The molecule has 0 radical (unpaired) electrons. The number of hydrogen-bond donors (Lipinski definition) is 0. The van der Waals surface area contributed by atoms with Gasteiger partial charge in [-0.3, -0.25) is 14.7 Å². The average molecular weight is 488 g/mol. The second-order valence-corrected chi connectivity index (χ2v) is 9.15. The van der Waals surface area contributed by atoms with E-state index < -0.39 is 0 Å². The number of carbonyl (C=O) groups excluding carboxylic acids is 1. The van der Waals surface area contributed by atoms with Crippen LogP contribution >= 0.6 is 27.3 Å². The van der Waals surface area contributed by atoms with Gasteiger partial charge in [-0.15, -0.1) is 0 Å². The highest BCUT2D eigenvalue weighted by Crippen LogP contribution is 2.32. The Morgan fingerprint density at radius 1 is 0.968 bits per heavy atom. The van der Waals surface area contributed by atoms with Gasteiger partial charge in [0.15, 0.2) is 5.13 Å². The number of nitrogens with zero attached hydrogens (tertiary/aromatic N) is 3. The van der Waals surface area contributed by atoms with Gasteiger partial charge in [0.1, 0.15) is 0 Å². The van der Waals surface area contributed by atoms with E-state index in [0.29, 0.717) is 18.1 Å². The van der Waals surface area contributed by atoms with Crippen LogP contribution in [0.1, 0.15) is 11.3 Å². The third-order valence-electron chi connectivity index (χ3n) is 5.14. The number of halogens is 1. The Kier molecular flexibility index (Phi) is 5.49. The Balaban J connectivity index is 1.53. The van der Waals surface area contributed by atoms with E-state index in [-0.39, 0.29) is 5.91 Å². The lowest BCUT2D eigenvalue weighted by Gasteiger charge is -2.20. The number of hydrogen-bond acceptors (Lipinski definition) is 4. The summed E-state index contributed by atoms with van der Waals surface area (Å²) < 4.78 is 2.03. The van der Waals surface area contributed by atoms with Crippen LogP contribution in [0.5, 0.6) is 0 Å². The molecule has 5 aromatic rings. The maximum Gasteiger partial charge on any atom is 0.233 e. The van der Waals surface area contributed by atoms with Crippen molar-refractivity contribution in [2.75, 3.05) is 4.90 Å². The first-order valence-electron chi connectivity index (χ1n) is 9.90. The predicted molar refractivity (Wildman–Crippen MR) is 130 cm³/mol. The van der Waals surface area contributed by atoms with Crippen LogP contribution in [0.4, 0.5) is 5.13 Å². The van der Waals surface area contributed by atoms with Crippen molar-refractivity contribution in [2.45, 2.75) is 13.0 Å². The molecule has 0 unspecified atom stereocenters. The van der Waals surface area contributed by atoms with E-state index in [2.05, 4.69) is 39.1 Å². The quantitative estimate of drug-likeness (QED) is 0.288. The monoisotopic (exact) mass is 487 g/mol. The number of rotatable bonds is 5. The molecule has 152 valence electrons. The van der Waals surface area contributed by atoms with Crippen molar-refractivity contribution in [2.24, 2.45) is 0 Å². The van der Waals surface area contributed by atoms with Crippen LogP contribution in [-0.4, -0.2) is 15.9 Å². The molecular weight excluding hydrogens is 470 g/mol. The number of carbonyl (C=O) groups is 1. The topological polar surface area (TPSA) is 46.1 Å². The lowest BCUT2D eigenvalue weighted by atomic mass is 10.0. The Morgan fingerprint density at radius 2 is 1.81 bits per heavy atom. The van der Waals surface area contributed by atoms with Crippen LogP contribution in [0.3, 0.4) is 0 Å². The highest BCUT2D eigenvalue weighted by Gasteiger charge is 2.22. The number of fused-ring (bicyclic) bond motifs is 2. The van der Waals surface area contributed by atoms with Gasteiger partial charge in [0.2, 0.25) is 5.91 Å². The van der Waals surface area contributed by atoms with Gasteiger partial charge in [-0.05, 0) is 46.7 Å². The minimum Gasteiger partial charge on any atom is -0.282 e. The van der Waals surface area contributed by atoms with Crippen molar-refractivity contribution in [3.63, 3.8) is 0 Å². The molecule has 0 atom stereocenters. The van der Waals surface area contributed by atoms with E-state index in [9.17, 15) is 4.79 Å². The molecule has 0 spiro atoms. The van der Waals surface area contributed by atoms with E-state index in [0.717, 1.165) is 36.7 Å². The highest BCUT2D eigenvalue weighted by molar-refractivity contribution is 9.10.